The van der Waals surface area contributed by atoms with Gasteiger partial charge < -0.3 is 20.2 Å². The van der Waals surface area contributed by atoms with Gasteiger partial charge in [0.15, 0.2) is 5.65 Å². The van der Waals surface area contributed by atoms with Crippen LogP contribution in [0.2, 0.25) is 0 Å². The minimum atomic E-state index is -0.0421. The van der Waals surface area contributed by atoms with Crippen molar-refractivity contribution in [1.29, 1.82) is 0 Å². The summed E-state index contributed by atoms with van der Waals surface area (Å²) >= 11 is 0. The maximum absolute atomic E-state index is 12.4. The van der Waals surface area contributed by atoms with Crippen LogP contribution < -0.4 is 5.32 Å². The molecule has 1 aromatic carbocycles. The van der Waals surface area contributed by atoms with Crippen molar-refractivity contribution in [3.05, 3.63) is 36.5 Å². The summed E-state index contributed by atoms with van der Waals surface area (Å²) in [5.41, 5.74) is 2.37. The Labute approximate surface area is 163 Å². The number of nitrogens with zero attached hydrogens (tertiary/aromatic N) is 4. The second kappa shape index (κ2) is 7.95. The molecule has 2 aromatic heterocycles. The Morgan fingerprint density at radius 2 is 1.93 bits per heavy atom. The third kappa shape index (κ3) is 4.13. The predicted molar refractivity (Wildman–Crippen MR) is 108 cm³/mol. The number of carbonyl (C=O) groups excluding carboxylic acids is 1. The molecular weight excluding hydrogens is 356 g/mol. The number of hydrogen-bond donors (Lipinski definition) is 3. The Morgan fingerprint density at radius 1 is 1.18 bits per heavy atom. The van der Waals surface area contributed by atoms with E-state index < -0.39 is 0 Å². The third-order valence-corrected chi connectivity index (χ3v) is 5.13. The van der Waals surface area contributed by atoms with Crippen molar-refractivity contribution in [3.63, 3.8) is 0 Å². The second-order valence-corrected chi connectivity index (χ2v) is 7.18. The molecule has 1 saturated heterocycles. The Balaban J connectivity index is 1.44. The number of aromatic amines is 1. The van der Waals surface area contributed by atoms with Crippen molar-refractivity contribution in [2.24, 2.45) is 0 Å². The Hall–Kier alpha value is -2.97. The molecule has 0 saturated carbocycles. The molecule has 0 radical (unpaired) electrons. The molecular formula is C20H24N6O2. The zero-order valence-electron chi connectivity index (χ0n) is 15.9. The Bertz CT molecular complexity index is 960. The van der Waals surface area contributed by atoms with Gasteiger partial charge in [0.1, 0.15) is 11.6 Å². The minimum absolute atomic E-state index is 0.0421. The molecule has 8 nitrogen and oxygen atoms in total. The smallest absolute Gasteiger partial charge is 0.226 e. The first-order valence-electron chi connectivity index (χ1n) is 9.43. The molecule has 1 amide bonds. The normalized spacial score (nSPS) is 15.8. The molecule has 28 heavy (non-hydrogen) atoms. The molecule has 1 aliphatic rings. The van der Waals surface area contributed by atoms with Gasteiger partial charge in [0.2, 0.25) is 5.91 Å². The number of fused-ring (bicyclic) bond motifs is 1. The molecule has 0 bridgehead atoms. The molecule has 0 aliphatic carbocycles. The quantitative estimate of drug-likeness (QED) is 0.626. The van der Waals surface area contributed by atoms with Crippen LogP contribution in [0.5, 0.6) is 5.75 Å². The number of carbonyl (C=O) groups is 1. The highest BCUT2D eigenvalue weighted by molar-refractivity contribution is 5.99. The third-order valence-electron chi connectivity index (χ3n) is 5.13. The number of benzene rings is 1. The van der Waals surface area contributed by atoms with Crippen molar-refractivity contribution < 1.29 is 9.90 Å². The lowest BCUT2D eigenvalue weighted by Gasteiger charge is -2.32. The highest BCUT2D eigenvalue weighted by atomic mass is 16.3. The van der Waals surface area contributed by atoms with Crippen LogP contribution in [-0.4, -0.2) is 75.8 Å². The molecule has 4 rings (SSSR count). The number of rotatable bonds is 5. The number of pyridine rings is 1. The number of nitrogens with one attached hydrogen (secondary N) is 2. The van der Waals surface area contributed by atoms with Crippen LogP contribution >= 0.6 is 0 Å². The van der Waals surface area contributed by atoms with E-state index in [4.69, 9.17) is 0 Å². The summed E-state index contributed by atoms with van der Waals surface area (Å²) in [5.74, 6) is 0.737. The van der Waals surface area contributed by atoms with E-state index in [1.54, 1.807) is 18.3 Å². The molecule has 1 fully saturated rings. The zero-order chi connectivity index (χ0) is 19.5. The Morgan fingerprint density at radius 3 is 2.68 bits per heavy atom. The summed E-state index contributed by atoms with van der Waals surface area (Å²) in [6.45, 7) is 4.83. The number of piperazine rings is 1. The van der Waals surface area contributed by atoms with Crippen LogP contribution in [0.4, 0.5) is 5.82 Å². The van der Waals surface area contributed by atoms with Gasteiger partial charge in [-0.15, -0.1) is 0 Å². The van der Waals surface area contributed by atoms with E-state index in [0.717, 1.165) is 49.2 Å². The molecule has 0 atom stereocenters. The lowest BCUT2D eigenvalue weighted by molar-refractivity contribution is -0.116. The van der Waals surface area contributed by atoms with Crippen molar-refractivity contribution in [1.82, 2.24) is 25.0 Å². The fourth-order valence-corrected chi connectivity index (χ4v) is 3.34. The zero-order valence-corrected chi connectivity index (χ0v) is 15.9. The first-order chi connectivity index (χ1) is 13.6. The molecule has 1 aliphatic heterocycles. The topological polar surface area (TPSA) is 97.4 Å². The number of aromatic nitrogens is 3. The first kappa shape index (κ1) is 18.4. The number of aromatic hydroxyl groups is 1. The van der Waals surface area contributed by atoms with Gasteiger partial charge in [-0.05, 0) is 30.8 Å². The summed E-state index contributed by atoms with van der Waals surface area (Å²) in [6.07, 6.45) is 2.17. The van der Waals surface area contributed by atoms with E-state index in [2.05, 4.69) is 37.3 Å². The average molecular weight is 380 g/mol. The monoisotopic (exact) mass is 380 g/mol. The first-order valence-corrected chi connectivity index (χ1v) is 9.43. The minimum Gasteiger partial charge on any atom is -0.508 e. The van der Waals surface area contributed by atoms with Crippen LogP contribution in [0.3, 0.4) is 0 Å². The fraction of sp³-hybridized carbons (Fsp3) is 0.350. The van der Waals surface area contributed by atoms with Gasteiger partial charge >= 0.3 is 0 Å². The molecule has 146 valence electrons. The van der Waals surface area contributed by atoms with E-state index >= 15 is 0 Å². The van der Waals surface area contributed by atoms with Crippen LogP contribution in [0.25, 0.3) is 22.2 Å². The van der Waals surface area contributed by atoms with Gasteiger partial charge in [-0.3, -0.25) is 9.89 Å². The van der Waals surface area contributed by atoms with Crippen LogP contribution in [-0.2, 0) is 4.79 Å². The SMILES string of the molecule is CN1CCN(CCC(=O)Nc2[nH]nc3ncc(-c4ccc(O)cc4)cc23)CC1. The van der Waals surface area contributed by atoms with E-state index in [9.17, 15) is 9.90 Å². The largest absolute Gasteiger partial charge is 0.508 e. The fourth-order valence-electron chi connectivity index (χ4n) is 3.34. The number of likely N-dealkylation sites (N-methyl/N-ethyl adjacent to an activating group) is 1. The highest BCUT2D eigenvalue weighted by Gasteiger charge is 2.16. The summed E-state index contributed by atoms with van der Waals surface area (Å²) in [6, 6.07) is 8.86. The maximum Gasteiger partial charge on any atom is 0.226 e. The van der Waals surface area contributed by atoms with Crippen LogP contribution in [0.15, 0.2) is 36.5 Å². The number of phenols is 1. The predicted octanol–water partition coefficient (Wildman–Crippen LogP) is 1.91. The number of H-pyrrole nitrogens is 1. The molecule has 3 aromatic rings. The standard InChI is InChI=1S/C20H24N6O2/c1-25-8-10-26(11-9-25)7-6-18(28)22-20-17-12-15(13-21-19(17)23-24-20)14-2-4-16(27)5-3-14/h2-5,12-13,27H,6-11H2,1H3,(H2,21,22,23,24,28). The highest BCUT2D eigenvalue weighted by Crippen LogP contribution is 2.27. The number of phenolic OH excluding ortho intramolecular Hbond substituents is 1. The molecule has 3 heterocycles. The molecule has 0 unspecified atom stereocenters. The summed E-state index contributed by atoms with van der Waals surface area (Å²) in [7, 11) is 2.12. The van der Waals surface area contributed by atoms with Gasteiger partial charge in [-0.2, -0.15) is 5.10 Å². The maximum atomic E-state index is 12.4. The lowest BCUT2D eigenvalue weighted by Crippen LogP contribution is -2.45. The summed E-state index contributed by atoms with van der Waals surface area (Å²) in [4.78, 5) is 21.4. The van der Waals surface area contributed by atoms with Gasteiger partial charge in [0.05, 0.1) is 5.39 Å². The second-order valence-electron chi connectivity index (χ2n) is 7.18. The van der Waals surface area contributed by atoms with Crippen molar-refractivity contribution in [3.8, 4) is 16.9 Å². The van der Waals surface area contributed by atoms with Gasteiger partial charge in [-0.25, -0.2) is 4.98 Å². The van der Waals surface area contributed by atoms with E-state index in [0.29, 0.717) is 17.9 Å². The molecule has 3 N–H and O–H groups in total. The average Bonchev–Trinajstić information content (AvgIpc) is 3.10. The van der Waals surface area contributed by atoms with E-state index in [1.165, 1.54) is 0 Å². The number of anilines is 1. The van der Waals surface area contributed by atoms with Crippen molar-refractivity contribution in [2.75, 3.05) is 45.1 Å². The summed E-state index contributed by atoms with van der Waals surface area (Å²) in [5, 5.41) is 20.2. The van der Waals surface area contributed by atoms with E-state index in [1.807, 2.05) is 18.2 Å². The Kier molecular flexibility index (Phi) is 5.23. The molecule has 0 spiro atoms. The molecule has 8 heteroatoms. The summed E-state index contributed by atoms with van der Waals surface area (Å²) < 4.78 is 0. The van der Waals surface area contributed by atoms with Crippen molar-refractivity contribution in [2.45, 2.75) is 6.42 Å². The van der Waals surface area contributed by atoms with Crippen LogP contribution in [0, 0.1) is 0 Å². The van der Waals surface area contributed by atoms with E-state index in [-0.39, 0.29) is 11.7 Å². The van der Waals surface area contributed by atoms with Crippen LogP contribution in [0.1, 0.15) is 6.42 Å². The number of amides is 1. The van der Waals surface area contributed by atoms with Crippen molar-refractivity contribution >= 4 is 22.8 Å². The van der Waals surface area contributed by atoms with Gasteiger partial charge in [0.25, 0.3) is 0 Å². The van der Waals surface area contributed by atoms with Gasteiger partial charge in [0, 0.05) is 50.9 Å². The lowest BCUT2D eigenvalue weighted by atomic mass is 10.1. The van der Waals surface area contributed by atoms with Gasteiger partial charge in [-0.1, -0.05) is 12.1 Å². The number of hydrogen-bond acceptors (Lipinski definition) is 6.